The van der Waals surface area contributed by atoms with Crippen LogP contribution in [-0.2, 0) is 23.9 Å². The maximum atomic E-state index is 12.6. The molecule has 160 valence electrons. The van der Waals surface area contributed by atoms with E-state index in [0.717, 1.165) is 19.3 Å². The second-order valence-electron chi connectivity index (χ2n) is 8.02. The van der Waals surface area contributed by atoms with Crippen LogP contribution < -0.4 is 10.1 Å². The van der Waals surface area contributed by atoms with Gasteiger partial charge in [0.1, 0.15) is 5.75 Å². The van der Waals surface area contributed by atoms with Crippen LogP contribution in [0.1, 0.15) is 25.7 Å². The second kappa shape index (κ2) is 8.26. The number of carbonyl (C=O) groups is 4. The van der Waals surface area contributed by atoms with Crippen molar-refractivity contribution < 1.29 is 28.7 Å². The molecular formula is C21H23ClN2O6. The Bertz CT molecular complexity index is 875. The Morgan fingerprint density at radius 1 is 1.17 bits per heavy atom. The zero-order valence-corrected chi connectivity index (χ0v) is 17.3. The van der Waals surface area contributed by atoms with Gasteiger partial charge in [-0.2, -0.15) is 0 Å². The fraction of sp³-hybridized carbons (Fsp3) is 0.524. The molecule has 3 amide bonds. The molecule has 30 heavy (non-hydrogen) atoms. The number of halogens is 1. The Hall–Kier alpha value is -2.61. The summed E-state index contributed by atoms with van der Waals surface area (Å²) in [5.74, 6) is -0.888. The molecule has 0 unspecified atom stereocenters. The number of esters is 1. The van der Waals surface area contributed by atoms with Crippen LogP contribution in [0.15, 0.2) is 18.2 Å². The van der Waals surface area contributed by atoms with Gasteiger partial charge in [0, 0.05) is 11.6 Å². The molecule has 3 aliphatic rings. The first-order chi connectivity index (χ1) is 14.4. The van der Waals surface area contributed by atoms with Crippen LogP contribution in [0.4, 0.5) is 5.69 Å². The number of hydrogen-bond acceptors (Lipinski definition) is 6. The molecule has 8 nitrogen and oxygen atoms in total. The molecule has 2 bridgehead atoms. The van der Waals surface area contributed by atoms with Gasteiger partial charge in [-0.1, -0.05) is 11.6 Å². The van der Waals surface area contributed by atoms with E-state index in [4.69, 9.17) is 21.1 Å². The standard InChI is InChI=1S/C21H23ClN2O6/c1-29-15-5-4-13(22)9-14(15)23-16(25)10-30-17(26)6-7-24-20(27)18-11-2-3-12(8-11)19(18)21(24)28/h4-5,9,11-12,18-19H,2-3,6-8,10H2,1H3,(H,23,25)/t11-,12-,18-,19+/m0/s1. The number of benzene rings is 1. The normalized spacial score (nSPS) is 26.7. The number of nitrogens with zero attached hydrogens (tertiary/aromatic N) is 1. The Morgan fingerprint density at radius 2 is 1.83 bits per heavy atom. The van der Waals surface area contributed by atoms with Gasteiger partial charge < -0.3 is 14.8 Å². The zero-order chi connectivity index (χ0) is 21.4. The average Bonchev–Trinajstić information content (AvgIpc) is 3.39. The summed E-state index contributed by atoms with van der Waals surface area (Å²) in [5.41, 5.74) is 0.362. The lowest BCUT2D eigenvalue weighted by molar-refractivity contribution is -0.149. The van der Waals surface area contributed by atoms with Gasteiger partial charge in [0.2, 0.25) is 11.8 Å². The van der Waals surface area contributed by atoms with Crippen LogP contribution in [-0.4, -0.2) is 48.9 Å². The lowest BCUT2D eigenvalue weighted by Crippen LogP contribution is -2.35. The van der Waals surface area contributed by atoms with Crippen molar-refractivity contribution >= 4 is 41.0 Å². The number of fused-ring (bicyclic) bond motifs is 5. The van der Waals surface area contributed by atoms with Crippen LogP contribution in [0.2, 0.25) is 5.02 Å². The Kier molecular flexibility index (Phi) is 5.69. The van der Waals surface area contributed by atoms with Crippen molar-refractivity contribution in [1.29, 1.82) is 0 Å². The minimum Gasteiger partial charge on any atom is -0.495 e. The summed E-state index contributed by atoms with van der Waals surface area (Å²) >= 11 is 5.92. The van der Waals surface area contributed by atoms with E-state index in [1.54, 1.807) is 12.1 Å². The van der Waals surface area contributed by atoms with Crippen LogP contribution >= 0.6 is 11.6 Å². The Morgan fingerprint density at radius 3 is 2.47 bits per heavy atom. The van der Waals surface area contributed by atoms with Crippen molar-refractivity contribution in [3.8, 4) is 5.75 Å². The number of methoxy groups -OCH3 is 1. The topological polar surface area (TPSA) is 102 Å². The van der Waals surface area contributed by atoms with Crippen molar-refractivity contribution in [2.24, 2.45) is 23.7 Å². The van der Waals surface area contributed by atoms with Gasteiger partial charge in [-0.15, -0.1) is 0 Å². The Balaban J connectivity index is 1.25. The molecule has 3 fully saturated rings. The van der Waals surface area contributed by atoms with Gasteiger partial charge in [0.05, 0.1) is 31.1 Å². The average molecular weight is 435 g/mol. The number of nitrogens with one attached hydrogen (secondary N) is 1. The molecule has 1 aromatic carbocycles. The summed E-state index contributed by atoms with van der Waals surface area (Å²) in [6.07, 6.45) is 2.84. The van der Waals surface area contributed by atoms with Crippen LogP contribution in [0, 0.1) is 23.7 Å². The van der Waals surface area contributed by atoms with E-state index in [-0.39, 0.29) is 36.6 Å². The molecule has 2 saturated carbocycles. The number of anilines is 1. The highest BCUT2D eigenvalue weighted by Crippen LogP contribution is 2.56. The van der Waals surface area contributed by atoms with Gasteiger partial charge in [0.25, 0.3) is 5.91 Å². The second-order valence-corrected chi connectivity index (χ2v) is 8.45. The van der Waals surface area contributed by atoms with E-state index in [9.17, 15) is 19.2 Å². The van der Waals surface area contributed by atoms with Crippen molar-refractivity contribution in [1.82, 2.24) is 4.90 Å². The molecule has 1 aromatic rings. The molecule has 1 heterocycles. The van der Waals surface area contributed by atoms with Gasteiger partial charge in [0.15, 0.2) is 6.61 Å². The van der Waals surface area contributed by atoms with E-state index < -0.39 is 18.5 Å². The third-order valence-corrected chi connectivity index (χ3v) is 6.59. The molecule has 4 rings (SSSR count). The van der Waals surface area contributed by atoms with E-state index in [1.165, 1.54) is 18.1 Å². The van der Waals surface area contributed by atoms with Crippen LogP contribution in [0.3, 0.4) is 0 Å². The maximum Gasteiger partial charge on any atom is 0.308 e. The van der Waals surface area contributed by atoms with Crippen molar-refractivity contribution in [3.63, 3.8) is 0 Å². The van der Waals surface area contributed by atoms with Crippen molar-refractivity contribution in [2.45, 2.75) is 25.7 Å². The molecule has 1 N–H and O–H groups in total. The highest BCUT2D eigenvalue weighted by atomic mass is 35.5. The molecule has 4 atom stereocenters. The van der Waals surface area contributed by atoms with Gasteiger partial charge in [-0.3, -0.25) is 24.1 Å². The molecule has 0 spiro atoms. The van der Waals surface area contributed by atoms with E-state index >= 15 is 0 Å². The van der Waals surface area contributed by atoms with Crippen LogP contribution in [0.25, 0.3) is 0 Å². The lowest BCUT2D eigenvalue weighted by Gasteiger charge is -2.19. The van der Waals surface area contributed by atoms with Crippen LogP contribution in [0.5, 0.6) is 5.75 Å². The van der Waals surface area contributed by atoms with E-state index in [1.807, 2.05) is 0 Å². The molecule has 9 heteroatoms. The summed E-state index contributed by atoms with van der Waals surface area (Å²) in [4.78, 5) is 50.6. The third-order valence-electron chi connectivity index (χ3n) is 6.36. The number of carbonyl (C=O) groups excluding carboxylic acids is 4. The first kappa shape index (κ1) is 20.7. The minimum atomic E-state index is -0.649. The number of hydrogen-bond donors (Lipinski definition) is 1. The predicted molar refractivity (Wildman–Crippen MR) is 107 cm³/mol. The quantitative estimate of drug-likeness (QED) is 0.521. The van der Waals surface area contributed by atoms with Gasteiger partial charge in [-0.05, 0) is 49.3 Å². The zero-order valence-electron chi connectivity index (χ0n) is 16.6. The van der Waals surface area contributed by atoms with Crippen molar-refractivity contribution in [3.05, 3.63) is 23.2 Å². The largest absolute Gasteiger partial charge is 0.495 e. The molecule has 1 aliphatic heterocycles. The summed E-state index contributed by atoms with van der Waals surface area (Å²) < 4.78 is 10.1. The molecular weight excluding hydrogens is 412 g/mol. The summed E-state index contributed by atoms with van der Waals surface area (Å²) in [7, 11) is 1.46. The smallest absolute Gasteiger partial charge is 0.308 e. The summed E-state index contributed by atoms with van der Waals surface area (Å²) in [6.45, 7) is -0.502. The minimum absolute atomic E-state index is 0.00727. The number of likely N-dealkylation sites (tertiary alicyclic amines) is 1. The Labute approximate surface area is 178 Å². The summed E-state index contributed by atoms with van der Waals surface area (Å²) in [6, 6.07) is 4.75. The number of imide groups is 1. The molecule has 0 radical (unpaired) electrons. The SMILES string of the molecule is COc1ccc(Cl)cc1NC(=O)COC(=O)CCN1C(=O)[C@@H]2[C@H]3CC[C@@H](C3)[C@@H]2C1=O. The lowest BCUT2D eigenvalue weighted by atomic mass is 9.81. The highest BCUT2D eigenvalue weighted by molar-refractivity contribution is 6.31. The van der Waals surface area contributed by atoms with Gasteiger partial charge in [-0.25, -0.2) is 0 Å². The number of ether oxygens (including phenoxy) is 2. The monoisotopic (exact) mass is 434 g/mol. The van der Waals surface area contributed by atoms with E-state index in [2.05, 4.69) is 5.32 Å². The number of amides is 3. The van der Waals surface area contributed by atoms with Crippen molar-refractivity contribution in [2.75, 3.05) is 25.6 Å². The first-order valence-corrected chi connectivity index (χ1v) is 10.4. The fourth-order valence-corrected chi connectivity index (χ4v) is 5.25. The molecule has 0 aromatic heterocycles. The number of rotatable bonds is 7. The van der Waals surface area contributed by atoms with Gasteiger partial charge >= 0.3 is 5.97 Å². The molecule has 1 saturated heterocycles. The summed E-state index contributed by atoms with van der Waals surface area (Å²) in [5, 5.41) is 2.99. The fourth-order valence-electron chi connectivity index (χ4n) is 5.08. The predicted octanol–water partition coefficient (Wildman–Crippen LogP) is 2.25. The highest BCUT2D eigenvalue weighted by Gasteiger charge is 2.60. The first-order valence-electron chi connectivity index (χ1n) is 10.0. The maximum absolute atomic E-state index is 12.6. The molecule has 2 aliphatic carbocycles. The third kappa shape index (κ3) is 3.76. The van der Waals surface area contributed by atoms with E-state index in [0.29, 0.717) is 28.3 Å².